The molecule has 1 aliphatic rings. The van der Waals surface area contributed by atoms with Gasteiger partial charge in [0.25, 0.3) is 0 Å². The molecule has 0 unspecified atom stereocenters. The molecule has 0 bridgehead atoms. The van der Waals surface area contributed by atoms with Gasteiger partial charge < -0.3 is 9.47 Å². The molecule has 3 nitrogen and oxygen atoms in total. The van der Waals surface area contributed by atoms with E-state index in [1.54, 1.807) is 0 Å². The van der Waals surface area contributed by atoms with E-state index in [0.717, 1.165) is 19.4 Å². The van der Waals surface area contributed by atoms with Crippen molar-refractivity contribution in [1.29, 1.82) is 0 Å². The Hall–Kier alpha value is -2.29. The summed E-state index contributed by atoms with van der Waals surface area (Å²) in [6.07, 6.45) is 8.38. The Morgan fingerprint density at radius 2 is 2.00 bits per heavy atom. The molecule has 1 amide bonds. The van der Waals surface area contributed by atoms with Crippen LogP contribution in [0.15, 0.2) is 55.3 Å². The normalized spacial score (nSPS) is 14.6. The van der Waals surface area contributed by atoms with Crippen molar-refractivity contribution in [3.05, 3.63) is 72.1 Å². The molecule has 25 heavy (non-hydrogen) atoms. The van der Waals surface area contributed by atoms with Gasteiger partial charge in [-0.3, -0.25) is 4.79 Å². The maximum absolute atomic E-state index is 12.9. The average Bonchev–Trinajstić information content (AvgIpc) is 3.28. The first-order valence-electron chi connectivity index (χ1n) is 9.27. The van der Waals surface area contributed by atoms with E-state index in [0.29, 0.717) is 19.0 Å². The van der Waals surface area contributed by atoms with Crippen LogP contribution in [0.3, 0.4) is 0 Å². The number of rotatable bonds is 7. The lowest BCUT2D eigenvalue weighted by Gasteiger charge is -2.25. The molecule has 132 valence electrons. The molecule has 0 saturated heterocycles. The average molecular weight is 336 g/mol. The first-order chi connectivity index (χ1) is 12.2. The molecule has 0 N–H and O–H groups in total. The Labute approximate surface area is 151 Å². The van der Waals surface area contributed by atoms with Crippen LogP contribution in [0.5, 0.6) is 0 Å². The minimum absolute atomic E-state index is 0.208. The lowest BCUT2D eigenvalue weighted by atomic mass is 10.1. The van der Waals surface area contributed by atoms with Gasteiger partial charge in [0.15, 0.2) is 0 Å². The molecule has 1 saturated carbocycles. The van der Waals surface area contributed by atoms with Gasteiger partial charge in [-0.15, -0.1) is 6.58 Å². The lowest BCUT2D eigenvalue weighted by molar-refractivity contribution is -0.135. The Balaban J connectivity index is 1.74. The van der Waals surface area contributed by atoms with Gasteiger partial charge in [0.2, 0.25) is 5.91 Å². The van der Waals surface area contributed by atoms with Crippen LogP contribution in [0.1, 0.15) is 42.5 Å². The quantitative estimate of drug-likeness (QED) is 0.681. The fourth-order valence-electron chi connectivity index (χ4n) is 3.73. The van der Waals surface area contributed by atoms with Gasteiger partial charge in [0, 0.05) is 30.9 Å². The van der Waals surface area contributed by atoms with E-state index in [4.69, 9.17) is 0 Å². The predicted octanol–water partition coefficient (Wildman–Crippen LogP) is 4.55. The van der Waals surface area contributed by atoms with E-state index in [-0.39, 0.29) is 5.92 Å². The second-order valence-electron chi connectivity index (χ2n) is 7.04. The number of amides is 1. The number of carbonyl (C=O) groups excluding carboxylic acids is 1. The van der Waals surface area contributed by atoms with E-state index < -0.39 is 0 Å². The summed E-state index contributed by atoms with van der Waals surface area (Å²) in [6, 6.07) is 12.7. The molecular weight excluding hydrogens is 308 g/mol. The molecule has 1 fully saturated rings. The minimum Gasteiger partial charge on any atom is -0.345 e. The van der Waals surface area contributed by atoms with Crippen LogP contribution in [-0.4, -0.2) is 21.9 Å². The molecule has 0 atom stereocenters. The van der Waals surface area contributed by atoms with E-state index in [1.165, 1.54) is 29.7 Å². The summed E-state index contributed by atoms with van der Waals surface area (Å²) in [5.41, 5.74) is 3.79. The molecule has 0 aliphatic heterocycles. The highest BCUT2D eigenvalue weighted by Crippen LogP contribution is 2.27. The monoisotopic (exact) mass is 336 g/mol. The van der Waals surface area contributed by atoms with Gasteiger partial charge in [-0.1, -0.05) is 43.2 Å². The zero-order chi connectivity index (χ0) is 17.6. The Morgan fingerprint density at radius 1 is 1.24 bits per heavy atom. The van der Waals surface area contributed by atoms with Crippen molar-refractivity contribution in [1.82, 2.24) is 9.47 Å². The first kappa shape index (κ1) is 17.5. The summed E-state index contributed by atoms with van der Waals surface area (Å²) in [5, 5.41) is 0. The summed E-state index contributed by atoms with van der Waals surface area (Å²) < 4.78 is 2.25. The predicted molar refractivity (Wildman–Crippen MR) is 102 cm³/mol. The number of hydrogen-bond acceptors (Lipinski definition) is 1. The van der Waals surface area contributed by atoms with Crippen molar-refractivity contribution in [3.63, 3.8) is 0 Å². The maximum atomic E-state index is 12.9. The third-order valence-electron chi connectivity index (χ3n) is 5.24. The summed E-state index contributed by atoms with van der Waals surface area (Å²) in [7, 11) is 0. The fraction of sp³-hybridized carbons (Fsp3) is 0.409. The molecule has 3 heteroatoms. The molecule has 1 heterocycles. The largest absolute Gasteiger partial charge is 0.345 e. The van der Waals surface area contributed by atoms with Crippen LogP contribution in [-0.2, 0) is 17.9 Å². The topological polar surface area (TPSA) is 25.2 Å². The summed E-state index contributed by atoms with van der Waals surface area (Å²) in [5.74, 6) is 0.501. The molecule has 1 aromatic carbocycles. The van der Waals surface area contributed by atoms with Gasteiger partial charge in [0.05, 0.1) is 6.54 Å². The smallest absolute Gasteiger partial charge is 0.226 e. The van der Waals surface area contributed by atoms with Gasteiger partial charge in [-0.25, -0.2) is 0 Å². The van der Waals surface area contributed by atoms with Crippen molar-refractivity contribution in [2.75, 3.05) is 6.54 Å². The minimum atomic E-state index is 0.208. The number of hydrogen-bond donors (Lipinski definition) is 0. The molecule has 2 aromatic rings. The van der Waals surface area contributed by atoms with E-state index in [9.17, 15) is 4.79 Å². The Bertz CT molecular complexity index is 725. The number of nitrogens with zero attached hydrogens (tertiary/aromatic N) is 2. The maximum Gasteiger partial charge on any atom is 0.226 e. The van der Waals surface area contributed by atoms with Crippen LogP contribution in [0.2, 0.25) is 0 Å². The molecule has 0 radical (unpaired) electrons. The molecule has 1 aromatic heterocycles. The third kappa shape index (κ3) is 4.22. The highest BCUT2D eigenvalue weighted by atomic mass is 16.2. The van der Waals surface area contributed by atoms with E-state index in [1.807, 2.05) is 11.0 Å². The SMILES string of the molecule is C=CCN(Cc1cccn1Cc1ccccc1C)C(=O)C1CCCC1. The van der Waals surface area contributed by atoms with Gasteiger partial charge in [-0.2, -0.15) is 0 Å². The first-order valence-corrected chi connectivity index (χ1v) is 9.27. The van der Waals surface area contributed by atoms with Gasteiger partial charge in [-0.05, 0) is 43.0 Å². The van der Waals surface area contributed by atoms with Crippen LogP contribution >= 0.6 is 0 Å². The highest BCUT2D eigenvalue weighted by molar-refractivity contribution is 5.79. The fourth-order valence-corrected chi connectivity index (χ4v) is 3.73. The number of aryl methyl sites for hydroxylation is 1. The van der Waals surface area contributed by atoms with Gasteiger partial charge >= 0.3 is 0 Å². The number of aromatic nitrogens is 1. The second kappa shape index (κ2) is 8.19. The van der Waals surface area contributed by atoms with Crippen molar-refractivity contribution in [3.8, 4) is 0 Å². The van der Waals surface area contributed by atoms with Crippen LogP contribution in [0.25, 0.3) is 0 Å². The summed E-state index contributed by atoms with van der Waals surface area (Å²) in [6.45, 7) is 8.10. The molecule has 1 aliphatic carbocycles. The standard InChI is InChI=1S/C22H28N2O/c1-3-14-24(22(25)19-10-6-7-11-19)17-21-13-8-15-23(21)16-20-12-5-4-9-18(20)2/h3-5,8-9,12-13,15,19H,1,6-7,10-11,14,16-17H2,2H3. The van der Waals surface area contributed by atoms with Crippen LogP contribution in [0.4, 0.5) is 0 Å². The molecule has 0 spiro atoms. The second-order valence-corrected chi connectivity index (χ2v) is 7.04. The van der Waals surface area contributed by atoms with E-state index >= 15 is 0 Å². The lowest BCUT2D eigenvalue weighted by Crippen LogP contribution is -2.35. The van der Waals surface area contributed by atoms with Crippen molar-refractivity contribution >= 4 is 5.91 Å². The van der Waals surface area contributed by atoms with Crippen molar-refractivity contribution in [2.24, 2.45) is 5.92 Å². The van der Waals surface area contributed by atoms with Gasteiger partial charge in [0.1, 0.15) is 0 Å². The van der Waals surface area contributed by atoms with E-state index in [2.05, 4.69) is 60.7 Å². The zero-order valence-corrected chi connectivity index (χ0v) is 15.2. The zero-order valence-electron chi connectivity index (χ0n) is 15.2. The van der Waals surface area contributed by atoms with Crippen LogP contribution < -0.4 is 0 Å². The number of carbonyl (C=O) groups is 1. The third-order valence-corrected chi connectivity index (χ3v) is 5.24. The Morgan fingerprint density at radius 3 is 2.72 bits per heavy atom. The van der Waals surface area contributed by atoms with Crippen molar-refractivity contribution in [2.45, 2.75) is 45.7 Å². The highest BCUT2D eigenvalue weighted by Gasteiger charge is 2.27. The van der Waals surface area contributed by atoms with Crippen LogP contribution in [0, 0.1) is 12.8 Å². The Kier molecular flexibility index (Phi) is 5.75. The molecule has 3 rings (SSSR count). The summed E-state index contributed by atoms with van der Waals surface area (Å²) in [4.78, 5) is 14.8. The van der Waals surface area contributed by atoms with Crippen molar-refractivity contribution < 1.29 is 4.79 Å². The molecular formula is C22H28N2O. The summed E-state index contributed by atoms with van der Waals surface area (Å²) >= 11 is 0. The number of benzene rings is 1.